The number of fused-ring (bicyclic) bond motifs is 1. The van der Waals surface area contributed by atoms with Gasteiger partial charge in [0.2, 0.25) is 0 Å². The molecule has 1 unspecified atom stereocenters. The summed E-state index contributed by atoms with van der Waals surface area (Å²) in [4.78, 5) is 0. The van der Waals surface area contributed by atoms with Gasteiger partial charge >= 0.3 is 0 Å². The summed E-state index contributed by atoms with van der Waals surface area (Å²) in [7, 11) is 0. The van der Waals surface area contributed by atoms with Crippen molar-refractivity contribution in [3.63, 3.8) is 0 Å². The molecule has 0 bridgehead atoms. The molecule has 20 heavy (non-hydrogen) atoms. The lowest BCUT2D eigenvalue weighted by Gasteiger charge is -2.51. The number of nitrogens with two attached hydrogens (primary N) is 1. The smallest absolute Gasteiger partial charge is 0.0759 e. The van der Waals surface area contributed by atoms with E-state index in [2.05, 4.69) is 34.1 Å². The molecular weight excluding hydrogens is 314 g/mol. The van der Waals surface area contributed by atoms with Crippen LogP contribution in [0.1, 0.15) is 49.7 Å². The van der Waals surface area contributed by atoms with Crippen LogP contribution >= 0.6 is 15.9 Å². The molecule has 0 aliphatic heterocycles. The summed E-state index contributed by atoms with van der Waals surface area (Å²) in [5.74, 6) is 0. The quantitative estimate of drug-likeness (QED) is 0.866. The third kappa shape index (κ3) is 2.34. The highest BCUT2D eigenvalue weighted by atomic mass is 79.9. The maximum absolute atomic E-state index is 11.4. The molecule has 0 radical (unpaired) electrons. The Morgan fingerprint density at radius 1 is 1.10 bits per heavy atom. The summed E-state index contributed by atoms with van der Waals surface area (Å²) in [6.45, 7) is 0.620. The zero-order valence-corrected chi connectivity index (χ0v) is 13.6. The predicted molar refractivity (Wildman–Crippen MR) is 85.7 cm³/mol. The molecule has 1 saturated carbocycles. The first-order valence-corrected chi connectivity index (χ1v) is 8.58. The highest BCUT2D eigenvalue weighted by Gasteiger charge is 2.50. The van der Waals surface area contributed by atoms with Gasteiger partial charge in [0.25, 0.3) is 0 Å². The fourth-order valence-electron chi connectivity index (χ4n) is 4.29. The van der Waals surface area contributed by atoms with Crippen molar-refractivity contribution in [3.05, 3.63) is 33.8 Å². The fraction of sp³-hybridized carbons (Fsp3) is 0.647. The van der Waals surface area contributed by atoms with E-state index >= 15 is 0 Å². The molecule has 3 heteroatoms. The maximum Gasteiger partial charge on any atom is 0.0759 e. The minimum absolute atomic E-state index is 0.0595. The number of aryl methyl sites for hydroxylation is 1. The van der Waals surface area contributed by atoms with Gasteiger partial charge in [-0.3, -0.25) is 0 Å². The minimum Gasteiger partial charge on any atom is -0.389 e. The Bertz CT molecular complexity index is 496. The molecular formula is C17H24BrNO. The highest BCUT2D eigenvalue weighted by molar-refractivity contribution is 9.10. The molecule has 0 saturated heterocycles. The molecule has 0 spiro atoms. The van der Waals surface area contributed by atoms with Crippen LogP contribution in [0.3, 0.4) is 0 Å². The first-order valence-electron chi connectivity index (χ1n) is 7.78. The van der Waals surface area contributed by atoms with Gasteiger partial charge in [-0.2, -0.15) is 0 Å². The summed E-state index contributed by atoms with van der Waals surface area (Å²) < 4.78 is 1.13. The highest BCUT2D eigenvalue weighted by Crippen LogP contribution is 2.49. The zero-order chi connectivity index (χ0) is 14.2. The Morgan fingerprint density at radius 3 is 2.55 bits per heavy atom. The van der Waals surface area contributed by atoms with Crippen LogP contribution in [0.2, 0.25) is 0 Å². The Hall–Kier alpha value is -0.380. The molecule has 2 nitrogen and oxygen atoms in total. The third-order valence-corrected chi connectivity index (χ3v) is 6.14. The summed E-state index contributed by atoms with van der Waals surface area (Å²) in [5.41, 5.74) is 8.15. The second-order valence-corrected chi connectivity index (χ2v) is 7.58. The molecule has 0 amide bonds. The van der Waals surface area contributed by atoms with Crippen LogP contribution in [0.5, 0.6) is 0 Å². The standard InChI is InChI=1S/C17H24BrNO/c18-15-5-4-14-11-17(20,9-6-13(14)10-15)16(12-19)7-2-1-3-8-16/h4-5,10,20H,1-3,6-9,11-12,19H2. The molecule has 2 aliphatic carbocycles. The van der Waals surface area contributed by atoms with E-state index in [1.807, 2.05) is 0 Å². The molecule has 2 aliphatic rings. The van der Waals surface area contributed by atoms with Gasteiger partial charge in [-0.05, 0) is 48.9 Å². The maximum atomic E-state index is 11.4. The molecule has 1 atom stereocenters. The van der Waals surface area contributed by atoms with Gasteiger partial charge in [0, 0.05) is 22.9 Å². The van der Waals surface area contributed by atoms with E-state index in [0.29, 0.717) is 6.54 Å². The molecule has 3 rings (SSSR count). The lowest BCUT2D eigenvalue weighted by atomic mass is 9.58. The Morgan fingerprint density at radius 2 is 1.85 bits per heavy atom. The number of halogens is 1. The Labute approximate surface area is 129 Å². The van der Waals surface area contributed by atoms with Crippen LogP contribution in [-0.2, 0) is 12.8 Å². The molecule has 0 aromatic heterocycles. The van der Waals surface area contributed by atoms with Crippen molar-refractivity contribution in [3.8, 4) is 0 Å². The molecule has 1 fully saturated rings. The van der Waals surface area contributed by atoms with Gasteiger partial charge in [0.1, 0.15) is 0 Å². The number of aliphatic hydroxyl groups is 1. The third-order valence-electron chi connectivity index (χ3n) is 5.65. The lowest BCUT2D eigenvalue weighted by Crippen LogP contribution is -2.56. The van der Waals surface area contributed by atoms with Gasteiger partial charge in [-0.15, -0.1) is 0 Å². The van der Waals surface area contributed by atoms with E-state index in [-0.39, 0.29) is 5.41 Å². The van der Waals surface area contributed by atoms with E-state index in [0.717, 1.165) is 36.6 Å². The summed E-state index contributed by atoms with van der Waals surface area (Å²) in [6, 6.07) is 6.45. The van der Waals surface area contributed by atoms with Crippen LogP contribution in [0.4, 0.5) is 0 Å². The van der Waals surface area contributed by atoms with E-state index in [4.69, 9.17) is 5.73 Å². The minimum atomic E-state index is -0.608. The summed E-state index contributed by atoms with van der Waals surface area (Å²) in [6.07, 6.45) is 8.49. The molecule has 1 aromatic rings. The molecule has 110 valence electrons. The fourth-order valence-corrected chi connectivity index (χ4v) is 4.69. The van der Waals surface area contributed by atoms with Gasteiger partial charge in [-0.25, -0.2) is 0 Å². The first kappa shape index (κ1) is 14.6. The van der Waals surface area contributed by atoms with Crippen molar-refractivity contribution in [1.29, 1.82) is 0 Å². The zero-order valence-electron chi connectivity index (χ0n) is 12.0. The average molecular weight is 338 g/mol. The Kier molecular flexibility index (Phi) is 3.95. The number of hydrogen-bond donors (Lipinski definition) is 2. The topological polar surface area (TPSA) is 46.2 Å². The van der Waals surface area contributed by atoms with E-state index in [9.17, 15) is 5.11 Å². The average Bonchev–Trinajstić information content (AvgIpc) is 2.48. The van der Waals surface area contributed by atoms with Crippen molar-refractivity contribution in [1.82, 2.24) is 0 Å². The van der Waals surface area contributed by atoms with E-state index < -0.39 is 5.60 Å². The number of benzene rings is 1. The van der Waals surface area contributed by atoms with Gasteiger partial charge < -0.3 is 10.8 Å². The number of hydrogen-bond acceptors (Lipinski definition) is 2. The van der Waals surface area contributed by atoms with Gasteiger partial charge in [0.05, 0.1) is 5.60 Å². The van der Waals surface area contributed by atoms with E-state index in [1.165, 1.54) is 30.4 Å². The van der Waals surface area contributed by atoms with Crippen molar-refractivity contribution < 1.29 is 5.11 Å². The largest absolute Gasteiger partial charge is 0.389 e. The van der Waals surface area contributed by atoms with E-state index in [1.54, 1.807) is 0 Å². The van der Waals surface area contributed by atoms with Gasteiger partial charge in [-0.1, -0.05) is 41.3 Å². The predicted octanol–water partition coefficient (Wildman–Crippen LogP) is 3.58. The van der Waals surface area contributed by atoms with Crippen molar-refractivity contribution in [2.45, 2.75) is 57.0 Å². The molecule has 1 aromatic carbocycles. The molecule has 0 heterocycles. The SMILES string of the molecule is NCC1(C2(O)CCc3cc(Br)ccc3C2)CCCCC1. The number of rotatable bonds is 2. The second-order valence-electron chi connectivity index (χ2n) is 6.67. The summed E-state index contributed by atoms with van der Waals surface area (Å²) in [5, 5.41) is 11.4. The lowest BCUT2D eigenvalue weighted by molar-refractivity contribution is -0.108. The van der Waals surface area contributed by atoms with Crippen LogP contribution in [0.25, 0.3) is 0 Å². The van der Waals surface area contributed by atoms with Crippen LogP contribution in [0, 0.1) is 5.41 Å². The normalized spacial score (nSPS) is 28.9. The van der Waals surface area contributed by atoms with Crippen molar-refractivity contribution in [2.75, 3.05) is 6.54 Å². The molecule has 3 N–H and O–H groups in total. The van der Waals surface area contributed by atoms with Crippen LogP contribution in [0.15, 0.2) is 22.7 Å². The summed E-state index contributed by atoms with van der Waals surface area (Å²) >= 11 is 3.54. The Balaban J connectivity index is 1.91. The van der Waals surface area contributed by atoms with Crippen molar-refractivity contribution in [2.24, 2.45) is 11.1 Å². The van der Waals surface area contributed by atoms with Gasteiger partial charge in [0.15, 0.2) is 0 Å². The van der Waals surface area contributed by atoms with Crippen molar-refractivity contribution >= 4 is 15.9 Å². The van der Waals surface area contributed by atoms with Crippen LogP contribution in [-0.4, -0.2) is 17.3 Å². The second kappa shape index (κ2) is 5.43. The van der Waals surface area contributed by atoms with Crippen LogP contribution < -0.4 is 5.73 Å². The first-order chi connectivity index (χ1) is 9.59. The monoisotopic (exact) mass is 337 g/mol.